The monoisotopic (exact) mass is 273 g/mol. The molecule has 2 atom stereocenters. The molecular weight excluding hydrogens is 254 g/mol. The predicted molar refractivity (Wildman–Crippen MR) is 74.3 cm³/mol. The maximum Gasteiger partial charge on any atom is 0.128 e. The van der Waals surface area contributed by atoms with Crippen LogP contribution < -0.4 is 4.90 Å². The number of methoxy groups -OCH3 is 1. The fraction of sp³-hybridized carbons (Fsp3) is 0.600. The molecule has 5 heteroatoms. The van der Waals surface area contributed by atoms with Crippen molar-refractivity contribution in [3.8, 4) is 6.07 Å². The number of nitriles is 1. The molecular formula is C15H19N3O2. The summed E-state index contributed by atoms with van der Waals surface area (Å²) in [5, 5.41) is 18.9. The number of hydrogen-bond donors (Lipinski definition) is 1. The van der Waals surface area contributed by atoms with Crippen molar-refractivity contribution < 1.29 is 9.84 Å². The first-order chi connectivity index (χ1) is 9.69. The zero-order chi connectivity index (χ0) is 14.2. The maximum atomic E-state index is 10.1. The van der Waals surface area contributed by atoms with Crippen LogP contribution >= 0.6 is 0 Å². The molecule has 5 nitrogen and oxygen atoms in total. The van der Waals surface area contributed by atoms with E-state index in [1.54, 1.807) is 19.4 Å². The van der Waals surface area contributed by atoms with Crippen molar-refractivity contribution in [3.05, 3.63) is 23.9 Å². The Morgan fingerprint density at radius 1 is 1.45 bits per heavy atom. The number of piperidine rings is 1. The summed E-state index contributed by atoms with van der Waals surface area (Å²) in [6.45, 7) is 1.74. The molecule has 106 valence electrons. The number of aromatic nitrogens is 1. The van der Waals surface area contributed by atoms with E-state index in [2.05, 4.69) is 16.0 Å². The molecule has 0 amide bonds. The predicted octanol–water partition coefficient (Wildman–Crippen LogP) is 1.32. The number of rotatable bonds is 2. The van der Waals surface area contributed by atoms with Gasteiger partial charge in [-0.2, -0.15) is 5.26 Å². The van der Waals surface area contributed by atoms with Gasteiger partial charge in [-0.3, -0.25) is 0 Å². The van der Waals surface area contributed by atoms with E-state index in [0.717, 1.165) is 38.2 Å². The lowest BCUT2D eigenvalue weighted by molar-refractivity contribution is -0.190. The molecule has 0 bridgehead atoms. The molecule has 20 heavy (non-hydrogen) atoms. The van der Waals surface area contributed by atoms with Crippen LogP contribution in [0.2, 0.25) is 0 Å². The first-order valence-electron chi connectivity index (χ1n) is 7.01. The number of pyridine rings is 1. The Labute approximate surface area is 118 Å². The molecule has 1 spiro atoms. The Morgan fingerprint density at radius 2 is 2.20 bits per heavy atom. The highest BCUT2D eigenvalue weighted by Crippen LogP contribution is 2.50. The zero-order valence-corrected chi connectivity index (χ0v) is 11.6. The van der Waals surface area contributed by atoms with Gasteiger partial charge in [0.1, 0.15) is 11.9 Å². The zero-order valence-electron chi connectivity index (χ0n) is 11.6. The van der Waals surface area contributed by atoms with E-state index >= 15 is 0 Å². The fourth-order valence-corrected chi connectivity index (χ4v) is 3.50. The van der Waals surface area contributed by atoms with E-state index in [1.165, 1.54) is 0 Å². The van der Waals surface area contributed by atoms with Crippen LogP contribution in [-0.4, -0.2) is 42.5 Å². The number of anilines is 1. The summed E-state index contributed by atoms with van der Waals surface area (Å²) in [7, 11) is 1.73. The maximum absolute atomic E-state index is 10.1. The van der Waals surface area contributed by atoms with Crippen molar-refractivity contribution in [2.24, 2.45) is 5.41 Å². The smallest absolute Gasteiger partial charge is 0.128 e. The lowest BCUT2D eigenvalue weighted by Gasteiger charge is -2.56. The summed E-state index contributed by atoms with van der Waals surface area (Å²) < 4.78 is 5.49. The van der Waals surface area contributed by atoms with Crippen LogP contribution in [-0.2, 0) is 4.74 Å². The van der Waals surface area contributed by atoms with Crippen LogP contribution in [0.3, 0.4) is 0 Å². The molecule has 1 saturated heterocycles. The lowest BCUT2D eigenvalue weighted by atomic mass is 9.58. The third kappa shape index (κ3) is 1.96. The van der Waals surface area contributed by atoms with E-state index in [9.17, 15) is 5.11 Å². The molecule has 1 aromatic heterocycles. The first kappa shape index (κ1) is 13.3. The second-order valence-electron chi connectivity index (χ2n) is 5.71. The van der Waals surface area contributed by atoms with Crippen molar-refractivity contribution in [1.29, 1.82) is 5.26 Å². The molecule has 1 saturated carbocycles. The molecule has 1 N–H and O–H groups in total. The summed E-state index contributed by atoms with van der Waals surface area (Å²) in [5.41, 5.74) is 0.522. The number of aliphatic hydroxyl groups is 1. The van der Waals surface area contributed by atoms with E-state index in [-0.39, 0.29) is 17.6 Å². The number of hydrogen-bond acceptors (Lipinski definition) is 5. The van der Waals surface area contributed by atoms with Gasteiger partial charge in [0.15, 0.2) is 0 Å². The molecule has 0 aromatic carbocycles. The molecule has 0 unspecified atom stereocenters. The summed E-state index contributed by atoms with van der Waals surface area (Å²) in [6.07, 6.45) is 4.17. The lowest BCUT2D eigenvalue weighted by Crippen LogP contribution is -2.62. The van der Waals surface area contributed by atoms with E-state index in [4.69, 9.17) is 10.00 Å². The summed E-state index contributed by atoms with van der Waals surface area (Å²) in [4.78, 5) is 6.55. The number of aliphatic hydroxyl groups excluding tert-OH is 1. The van der Waals surface area contributed by atoms with Crippen LogP contribution in [0, 0.1) is 16.7 Å². The van der Waals surface area contributed by atoms with Gasteiger partial charge in [-0.15, -0.1) is 0 Å². The van der Waals surface area contributed by atoms with E-state index in [0.29, 0.717) is 5.56 Å². The average Bonchev–Trinajstić information content (AvgIpc) is 2.52. The van der Waals surface area contributed by atoms with E-state index in [1.807, 2.05) is 6.07 Å². The van der Waals surface area contributed by atoms with Crippen LogP contribution in [0.1, 0.15) is 24.8 Å². The van der Waals surface area contributed by atoms with Crippen LogP contribution in [0.4, 0.5) is 5.82 Å². The highest BCUT2D eigenvalue weighted by molar-refractivity contribution is 5.42. The third-order valence-corrected chi connectivity index (χ3v) is 4.92. The number of ether oxygens (including phenoxy) is 1. The minimum atomic E-state index is -0.233. The third-order valence-electron chi connectivity index (χ3n) is 4.92. The average molecular weight is 273 g/mol. The van der Waals surface area contributed by atoms with Gasteiger partial charge in [-0.05, 0) is 25.0 Å². The SMILES string of the molecule is CO[C@H]1C[C@@H](O)C12CCN(c1ccc(C#N)cn1)CC2. The van der Waals surface area contributed by atoms with Crippen LogP contribution in [0.15, 0.2) is 18.3 Å². The highest BCUT2D eigenvalue weighted by Gasteiger charge is 2.55. The molecule has 1 aliphatic heterocycles. The van der Waals surface area contributed by atoms with Crippen molar-refractivity contribution in [2.45, 2.75) is 31.5 Å². The summed E-state index contributed by atoms with van der Waals surface area (Å²) in [5.74, 6) is 0.904. The minimum Gasteiger partial charge on any atom is -0.392 e. The topological polar surface area (TPSA) is 69.4 Å². The van der Waals surface area contributed by atoms with Crippen molar-refractivity contribution in [1.82, 2.24) is 4.98 Å². The Bertz CT molecular complexity index is 515. The number of nitrogens with zero attached hydrogens (tertiary/aromatic N) is 3. The minimum absolute atomic E-state index is 0.0577. The molecule has 2 aliphatic rings. The van der Waals surface area contributed by atoms with Gasteiger partial charge >= 0.3 is 0 Å². The van der Waals surface area contributed by atoms with Gasteiger partial charge < -0.3 is 14.7 Å². The Balaban J connectivity index is 1.68. The van der Waals surface area contributed by atoms with Crippen LogP contribution in [0.5, 0.6) is 0 Å². The van der Waals surface area contributed by atoms with Gasteiger partial charge in [-0.1, -0.05) is 0 Å². The normalized spacial score (nSPS) is 27.9. The molecule has 2 heterocycles. The van der Waals surface area contributed by atoms with E-state index < -0.39 is 0 Å². The largest absolute Gasteiger partial charge is 0.392 e. The van der Waals surface area contributed by atoms with Crippen LogP contribution in [0.25, 0.3) is 0 Å². The van der Waals surface area contributed by atoms with Gasteiger partial charge in [-0.25, -0.2) is 4.98 Å². The van der Waals surface area contributed by atoms with Crippen molar-refractivity contribution in [2.75, 3.05) is 25.1 Å². The fourth-order valence-electron chi connectivity index (χ4n) is 3.50. The second kappa shape index (κ2) is 5.04. The van der Waals surface area contributed by atoms with Gasteiger partial charge in [0.2, 0.25) is 0 Å². The molecule has 1 aliphatic carbocycles. The first-order valence-corrected chi connectivity index (χ1v) is 7.01. The molecule has 1 aromatic rings. The molecule has 2 fully saturated rings. The van der Waals surface area contributed by atoms with Gasteiger partial charge in [0.25, 0.3) is 0 Å². The standard InChI is InChI=1S/C15H19N3O2/c1-20-13-8-12(19)15(13)4-6-18(7-5-15)14-3-2-11(9-16)10-17-14/h2-3,10,12-13,19H,4-8H2,1H3/t12-,13+/m1/s1. The van der Waals surface area contributed by atoms with Crippen molar-refractivity contribution in [3.63, 3.8) is 0 Å². The quantitative estimate of drug-likeness (QED) is 0.880. The highest BCUT2D eigenvalue weighted by atomic mass is 16.5. The molecule has 3 rings (SSSR count). The van der Waals surface area contributed by atoms with Gasteiger partial charge in [0.05, 0.1) is 17.8 Å². The summed E-state index contributed by atoms with van der Waals surface area (Å²) >= 11 is 0. The Kier molecular flexibility index (Phi) is 3.36. The van der Waals surface area contributed by atoms with Gasteiger partial charge in [0, 0.05) is 38.2 Å². The molecule has 0 radical (unpaired) electrons. The van der Waals surface area contributed by atoms with Crippen molar-refractivity contribution >= 4 is 5.82 Å². The summed E-state index contributed by atoms with van der Waals surface area (Å²) in [6, 6.07) is 5.76. The second-order valence-corrected chi connectivity index (χ2v) is 5.71. The Hall–Kier alpha value is -1.64. The Morgan fingerprint density at radius 3 is 2.70 bits per heavy atom.